The van der Waals surface area contributed by atoms with Gasteiger partial charge >= 0.3 is 0 Å². The van der Waals surface area contributed by atoms with Crippen molar-refractivity contribution in [1.82, 2.24) is 15.1 Å². The predicted molar refractivity (Wildman–Crippen MR) is 136 cm³/mol. The van der Waals surface area contributed by atoms with Crippen molar-refractivity contribution in [1.29, 1.82) is 0 Å². The number of hydrogen-bond acceptors (Lipinski definition) is 4. The topological polar surface area (TPSA) is 79.0 Å². The Kier molecular flexibility index (Phi) is 9.70. The molecule has 1 N–H and O–H groups in total. The lowest BCUT2D eigenvalue weighted by atomic mass is 9.88. The number of likely N-dealkylation sites (N-methyl/N-ethyl adjacent to an activating group) is 1. The minimum absolute atomic E-state index is 0.0246. The van der Waals surface area contributed by atoms with Gasteiger partial charge in [0.2, 0.25) is 11.8 Å². The van der Waals surface area contributed by atoms with Gasteiger partial charge in [-0.2, -0.15) is 0 Å². The second-order valence-corrected chi connectivity index (χ2v) is 8.89. The van der Waals surface area contributed by atoms with Gasteiger partial charge in [-0.25, -0.2) is 0 Å². The van der Waals surface area contributed by atoms with Crippen LogP contribution in [0.25, 0.3) is 0 Å². The summed E-state index contributed by atoms with van der Waals surface area (Å²) in [6, 6.07) is 16.2. The van der Waals surface area contributed by atoms with E-state index in [1.165, 1.54) is 0 Å². The minimum atomic E-state index is -0.619. The van der Waals surface area contributed by atoms with Crippen LogP contribution in [0, 0.1) is 5.92 Å². The molecule has 3 amide bonds. The summed E-state index contributed by atoms with van der Waals surface area (Å²) in [5.41, 5.74) is 1.64. The first-order chi connectivity index (χ1) is 17.0. The zero-order chi connectivity index (χ0) is 25.2. The SMILES string of the molecule is CCN(CC)C(=O)C(NC(=O)c1ccc(OC)cc1)C1CCN(C(=O)CCc2ccccc2)CC1. The Bertz CT molecular complexity index is 965. The monoisotopic (exact) mass is 479 g/mol. The predicted octanol–water partition coefficient (Wildman–Crippen LogP) is 3.53. The first-order valence-corrected chi connectivity index (χ1v) is 12.5. The zero-order valence-electron chi connectivity index (χ0n) is 21.0. The molecule has 1 unspecified atom stereocenters. The van der Waals surface area contributed by atoms with Gasteiger partial charge in [0.25, 0.3) is 5.91 Å². The zero-order valence-corrected chi connectivity index (χ0v) is 21.0. The van der Waals surface area contributed by atoms with Crippen LogP contribution in [0.4, 0.5) is 0 Å². The maximum atomic E-state index is 13.4. The molecule has 0 saturated carbocycles. The maximum absolute atomic E-state index is 13.4. The van der Waals surface area contributed by atoms with E-state index in [1.807, 2.05) is 49.1 Å². The Hall–Kier alpha value is -3.35. The maximum Gasteiger partial charge on any atom is 0.251 e. The number of benzene rings is 2. The van der Waals surface area contributed by atoms with Crippen LogP contribution < -0.4 is 10.1 Å². The summed E-state index contributed by atoms with van der Waals surface area (Å²) in [4.78, 5) is 42.8. The van der Waals surface area contributed by atoms with E-state index in [4.69, 9.17) is 4.74 Å². The van der Waals surface area contributed by atoms with Crippen molar-refractivity contribution in [2.24, 2.45) is 5.92 Å². The van der Waals surface area contributed by atoms with Crippen molar-refractivity contribution in [3.8, 4) is 5.75 Å². The normalized spacial score (nSPS) is 14.8. The number of piperidine rings is 1. The van der Waals surface area contributed by atoms with E-state index in [1.54, 1.807) is 36.3 Å². The molecular formula is C28H37N3O4. The number of carbonyl (C=O) groups is 3. The van der Waals surface area contributed by atoms with Crippen molar-refractivity contribution < 1.29 is 19.1 Å². The number of ether oxygens (including phenoxy) is 1. The second kappa shape index (κ2) is 12.9. The molecule has 1 aliphatic rings. The summed E-state index contributed by atoms with van der Waals surface area (Å²) in [6.45, 7) is 6.25. The molecule has 188 valence electrons. The largest absolute Gasteiger partial charge is 0.497 e. The van der Waals surface area contributed by atoms with E-state index in [2.05, 4.69) is 5.32 Å². The number of methoxy groups -OCH3 is 1. The number of hydrogen-bond donors (Lipinski definition) is 1. The van der Waals surface area contributed by atoms with Gasteiger partial charge in [-0.15, -0.1) is 0 Å². The summed E-state index contributed by atoms with van der Waals surface area (Å²) in [6.07, 6.45) is 2.56. The molecule has 2 aromatic carbocycles. The molecule has 0 spiro atoms. The standard InChI is InChI=1S/C28H37N3O4/c1-4-30(5-2)28(34)26(29-27(33)23-12-14-24(35-3)15-13-23)22-17-19-31(20-18-22)25(32)16-11-21-9-7-6-8-10-21/h6-10,12-15,22,26H,4-5,11,16-20H2,1-3H3,(H,29,33). The minimum Gasteiger partial charge on any atom is -0.497 e. The van der Waals surface area contributed by atoms with Crippen LogP contribution in [0.1, 0.15) is 49.0 Å². The lowest BCUT2D eigenvalue weighted by molar-refractivity contribution is -0.136. The Morgan fingerprint density at radius 2 is 1.63 bits per heavy atom. The van der Waals surface area contributed by atoms with Crippen LogP contribution in [0.3, 0.4) is 0 Å². The van der Waals surface area contributed by atoms with Crippen LogP contribution in [0.2, 0.25) is 0 Å². The third kappa shape index (κ3) is 7.07. The third-order valence-corrected chi connectivity index (χ3v) is 6.81. The van der Waals surface area contributed by atoms with Crippen LogP contribution in [0.15, 0.2) is 54.6 Å². The summed E-state index contributed by atoms with van der Waals surface area (Å²) >= 11 is 0. The third-order valence-electron chi connectivity index (χ3n) is 6.81. The number of nitrogens with zero attached hydrogens (tertiary/aromatic N) is 2. The number of aryl methyl sites for hydroxylation is 1. The number of rotatable bonds is 10. The molecule has 1 aliphatic heterocycles. The van der Waals surface area contributed by atoms with Gasteiger partial charge in [-0.05, 0) is 68.9 Å². The quantitative estimate of drug-likeness (QED) is 0.565. The highest BCUT2D eigenvalue weighted by Crippen LogP contribution is 2.24. The molecule has 0 aliphatic carbocycles. The molecule has 1 saturated heterocycles. The fourth-order valence-corrected chi connectivity index (χ4v) is 4.62. The average Bonchev–Trinajstić information content (AvgIpc) is 2.91. The Morgan fingerprint density at radius 3 is 2.20 bits per heavy atom. The van der Waals surface area contributed by atoms with Crippen molar-refractivity contribution in [3.05, 3.63) is 65.7 Å². The van der Waals surface area contributed by atoms with Crippen molar-refractivity contribution in [3.63, 3.8) is 0 Å². The molecule has 0 radical (unpaired) electrons. The van der Waals surface area contributed by atoms with E-state index in [9.17, 15) is 14.4 Å². The first kappa shape index (κ1) is 26.3. The van der Waals surface area contributed by atoms with Crippen molar-refractivity contribution >= 4 is 17.7 Å². The Morgan fingerprint density at radius 1 is 1.00 bits per heavy atom. The average molecular weight is 480 g/mol. The fourth-order valence-electron chi connectivity index (χ4n) is 4.62. The van der Waals surface area contributed by atoms with Gasteiger partial charge in [-0.3, -0.25) is 14.4 Å². The van der Waals surface area contributed by atoms with Gasteiger partial charge in [0.1, 0.15) is 11.8 Å². The van der Waals surface area contributed by atoms with E-state index < -0.39 is 6.04 Å². The Balaban J connectivity index is 1.63. The van der Waals surface area contributed by atoms with E-state index in [-0.39, 0.29) is 23.6 Å². The van der Waals surface area contributed by atoms with Gasteiger partial charge in [0.15, 0.2) is 0 Å². The molecule has 1 fully saturated rings. The lowest BCUT2D eigenvalue weighted by Gasteiger charge is -2.37. The summed E-state index contributed by atoms with van der Waals surface area (Å²) in [5.74, 6) is 0.441. The first-order valence-electron chi connectivity index (χ1n) is 12.5. The van der Waals surface area contributed by atoms with Gasteiger partial charge in [0, 0.05) is 38.2 Å². The molecule has 0 bridgehead atoms. The number of amides is 3. The van der Waals surface area contributed by atoms with Crippen molar-refractivity contribution in [2.45, 2.75) is 45.6 Å². The summed E-state index contributed by atoms with van der Waals surface area (Å²) in [5, 5.41) is 3.01. The molecule has 0 aromatic heterocycles. The highest BCUT2D eigenvalue weighted by atomic mass is 16.5. The summed E-state index contributed by atoms with van der Waals surface area (Å²) in [7, 11) is 1.58. The molecule has 35 heavy (non-hydrogen) atoms. The van der Waals surface area contributed by atoms with Crippen LogP contribution >= 0.6 is 0 Å². The molecule has 7 heteroatoms. The summed E-state index contributed by atoms with van der Waals surface area (Å²) < 4.78 is 5.17. The van der Waals surface area contributed by atoms with E-state index >= 15 is 0 Å². The lowest BCUT2D eigenvalue weighted by Crippen LogP contribution is -2.54. The molecule has 1 heterocycles. The fraction of sp³-hybridized carbons (Fsp3) is 0.464. The molecule has 1 atom stereocenters. The van der Waals surface area contributed by atoms with Crippen LogP contribution in [0.5, 0.6) is 5.75 Å². The van der Waals surface area contributed by atoms with Crippen LogP contribution in [-0.4, -0.2) is 66.9 Å². The molecule has 3 rings (SSSR count). The van der Waals surface area contributed by atoms with E-state index in [0.717, 1.165) is 12.0 Å². The number of nitrogens with one attached hydrogen (secondary N) is 1. The second-order valence-electron chi connectivity index (χ2n) is 8.89. The highest BCUT2D eigenvalue weighted by Gasteiger charge is 2.35. The Labute approximate surface area is 208 Å². The number of likely N-dealkylation sites (tertiary alicyclic amines) is 1. The van der Waals surface area contributed by atoms with Crippen molar-refractivity contribution in [2.75, 3.05) is 33.3 Å². The van der Waals surface area contributed by atoms with Crippen LogP contribution in [-0.2, 0) is 16.0 Å². The highest BCUT2D eigenvalue weighted by molar-refractivity contribution is 5.97. The number of carbonyl (C=O) groups excluding carboxylic acids is 3. The smallest absolute Gasteiger partial charge is 0.251 e. The van der Waals surface area contributed by atoms with Gasteiger partial charge < -0.3 is 19.9 Å². The van der Waals surface area contributed by atoms with Gasteiger partial charge in [0.05, 0.1) is 7.11 Å². The van der Waals surface area contributed by atoms with Gasteiger partial charge in [-0.1, -0.05) is 30.3 Å². The molecule has 7 nitrogen and oxygen atoms in total. The molecule has 2 aromatic rings. The molecular weight excluding hydrogens is 442 g/mol. The van der Waals surface area contributed by atoms with E-state index in [0.29, 0.717) is 56.8 Å².